The van der Waals surface area contributed by atoms with Crippen LogP contribution in [0.25, 0.3) is 0 Å². The van der Waals surface area contributed by atoms with Gasteiger partial charge in [0, 0.05) is 0 Å². The lowest BCUT2D eigenvalue weighted by atomic mass is 10.2. The number of hydrazone groups is 1. The maximum Gasteiger partial charge on any atom is 0.275 e. The fourth-order valence-corrected chi connectivity index (χ4v) is 3.60. The standard InChI is InChI=1S/C26H22ClFN4O2/c1-18-23(25(27)32(31-18)16-19-7-3-2-4-8-19)15-29-30-26(33)22-9-5-6-10-24(22)34-17-20-11-13-21(28)14-12-20/h2-15H,16-17H2,1H3,(H,30,33)/b29-15+. The second-order valence-corrected chi connectivity index (χ2v) is 7.90. The molecule has 1 N–H and O–H groups in total. The molecule has 4 aromatic rings. The Hall–Kier alpha value is -3.97. The summed E-state index contributed by atoms with van der Waals surface area (Å²) < 4.78 is 20.6. The normalized spacial score (nSPS) is 11.0. The summed E-state index contributed by atoms with van der Waals surface area (Å²) in [6.07, 6.45) is 1.48. The molecule has 1 amide bonds. The van der Waals surface area contributed by atoms with E-state index >= 15 is 0 Å². The van der Waals surface area contributed by atoms with E-state index in [2.05, 4.69) is 15.6 Å². The minimum atomic E-state index is -0.434. The number of ether oxygens (including phenoxy) is 1. The van der Waals surface area contributed by atoms with Gasteiger partial charge in [0.1, 0.15) is 23.3 Å². The van der Waals surface area contributed by atoms with Crippen molar-refractivity contribution in [3.63, 3.8) is 0 Å². The van der Waals surface area contributed by atoms with Gasteiger partial charge >= 0.3 is 0 Å². The van der Waals surface area contributed by atoms with Gasteiger partial charge in [-0.3, -0.25) is 4.79 Å². The summed E-state index contributed by atoms with van der Waals surface area (Å²) in [7, 11) is 0. The average molecular weight is 477 g/mol. The molecule has 0 spiro atoms. The Morgan fingerprint density at radius 3 is 2.53 bits per heavy atom. The Morgan fingerprint density at radius 1 is 1.06 bits per heavy atom. The first-order chi connectivity index (χ1) is 16.5. The van der Waals surface area contributed by atoms with Gasteiger partial charge in [0.05, 0.1) is 29.6 Å². The average Bonchev–Trinajstić information content (AvgIpc) is 3.11. The molecule has 0 saturated carbocycles. The lowest BCUT2D eigenvalue weighted by molar-refractivity contribution is 0.0950. The molecule has 34 heavy (non-hydrogen) atoms. The van der Waals surface area contributed by atoms with Gasteiger partial charge in [0.15, 0.2) is 0 Å². The van der Waals surface area contributed by atoms with Crippen LogP contribution in [-0.4, -0.2) is 21.9 Å². The molecule has 0 unspecified atom stereocenters. The van der Waals surface area contributed by atoms with Gasteiger partial charge < -0.3 is 4.74 Å². The fraction of sp³-hybridized carbons (Fsp3) is 0.115. The van der Waals surface area contributed by atoms with Crippen molar-refractivity contribution in [2.45, 2.75) is 20.1 Å². The summed E-state index contributed by atoms with van der Waals surface area (Å²) in [6.45, 7) is 2.55. The van der Waals surface area contributed by atoms with Crippen molar-refractivity contribution in [3.05, 3.63) is 118 Å². The van der Waals surface area contributed by atoms with Gasteiger partial charge in [0.2, 0.25) is 0 Å². The Balaban J connectivity index is 1.42. The Kier molecular flexibility index (Phi) is 7.34. The van der Waals surface area contributed by atoms with Crippen LogP contribution in [0, 0.1) is 12.7 Å². The summed E-state index contributed by atoms with van der Waals surface area (Å²) in [6, 6.07) is 22.7. The van der Waals surface area contributed by atoms with E-state index in [-0.39, 0.29) is 12.4 Å². The molecule has 0 radical (unpaired) electrons. The predicted molar refractivity (Wildman–Crippen MR) is 130 cm³/mol. The molecule has 0 aliphatic rings. The first kappa shape index (κ1) is 23.2. The van der Waals surface area contributed by atoms with Crippen molar-refractivity contribution in [2.75, 3.05) is 0 Å². The van der Waals surface area contributed by atoms with Gasteiger partial charge in [-0.15, -0.1) is 0 Å². The van der Waals surface area contributed by atoms with Crippen LogP contribution in [0.1, 0.15) is 32.7 Å². The largest absolute Gasteiger partial charge is 0.488 e. The molecule has 0 fully saturated rings. The van der Waals surface area contributed by atoms with E-state index in [1.165, 1.54) is 18.3 Å². The monoisotopic (exact) mass is 476 g/mol. The van der Waals surface area contributed by atoms with Crippen molar-refractivity contribution >= 4 is 23.7 Å². The van der Waals surface area contributed by atoms with Crippen LogP contribution in [-0.2, 0) is 13.2 Å². The molecule has 0 atom stereocenters. The molecule has 8 heteroatoms. The molecule has 0 aliphatic carbocycles. The van der Waals surface area contributed by atoms with Gasteiger partial charge in [-0.05, 0) is 42.3 Å². The highest BCUT2D eigenvalue weighted by molar-refractivity contribution is 6.32. The van der Waals surface area contributed by atoms with Crippen LogP contribution in [0.3, 0.4) is 0 Å². The Bertz CT molecular complexity index is 1300. The molecule has 172 valence electrons. The topological polar surface area (TPSA) is 68.5 Å². The first-order valence-electron chi connectivity index (χ1n) is 10.6. The number of hydrogen-bond donors (Lipinski definition) is 1. The number of aromatic nitrogens is 2. The maximum absolute atomic E-state index is 13.1. The van der Waals surface area contributed by atoms with Crippen LogP contribution in [0.5, 0.6) is 5.75 Å². The van der Waals surface area contributed by atoms with Crippen LogP contribution in [0.4, 0.5) is 4.39 Å². The third kappa shape index (κ3) is 5.68. The molecule has 3 aromatic carbocycles. The number of carbonyl (C=O) groups is 1. The SMILES string of the molecule is Cc1nn(Cc2ccccc2)c(Cl)c1/C=N/NC(=O)c1ccccc1OCc1ccc(F)cc1. The van der Waals surface area contributed by atoms with Gasteiger partial charge in [-0.1, -0.05) is 66.2 Å². The van der Waals surface area contributed by atoms with E-state index in [1.54, 1.807) is 41.1 Å². The molecule has 4 rings (SSSR count). The van der Waals surface area contributed by atoms with Crippen molar-refractivity contribution in [1.29, 1.82) is 0 Å². The van der Waals surface area contributed by atoms with Crippen LogP contribution in [0.2, 0.25) is 5.15 Å². The first-order valence-corrected chi connectivity index (χ1v) is 11.0. The highest BCUT2D eigenvalue weighted by Gasteiger charge is 2.14. The molecule has 1 aromatic heterocycles. The molecule has 0 aliphatic heterocycles. The lowest BCUT2D eigenvalue weighted by Crippen LogP contribution is -2.18. The van der Waals surface area contributed by atoms with Crippen LogP contribution >= 0.6 is 11.6 Å². The molecule has 6 nitrogen and oxygen atoms in total. The number of halogens is 2. The van der Waals surface area contributed by atoms with Crippen molar-refractivity contribution < 1.29 is 13.9 Å². The summed E-state index contributed by atoms with van der Waals surface area (Å²) in [5.74, 6) is -0.358. The van der Waals surface area contributed by atoms with Gasteiger partial charge in [0.25, 0.3) is 5.91 Å². The molecular formula is C26H22ClFN4O2. The number of hydrogen-bond acceptors (Lipinski definition) is 4. The zero-order chi connectivity index (χ0) is 23.9. The van der Waals surface area contributed by atoms with E-state index in [4.69, 9.17) is 16.3 Å². The van der Waals surface area contributed by atoms with Crippen molar-refractivity contribution in [2.24, 2.45) is 5.10 Å². The smallest absolute Gasteiger partial charge is 0.275 e. The highest BCUT2D eigenvalue weighted by atomic mass is 35.5. The molecule has 1 heterocycles. The number of nitrogens with zero attached hydrogens (tertiary/aromatic N) is 3. The number of aryl methyl sites for hydroxylation is 1. The lowest BCUT2D eigenvalue weighted by Gasteiger charge is -2.10. The quantitative estimate of drug-likeness (QED) is 0.274. The summed E-state index contributed by atoms with van der Waals surface area (Å²) in [4.78, 5) is 12.7. The van der Waals surface area contributed by atoms with Crippen molar-refractivity contribution in [1.82, 2.24) is 15.2 Å². The number of nitrogens with one attached hydrogen (secondary N) is 1. The molecular weight excluding hydrogens is 455 g/mol. The van der Waals surface area contributed by atoms with E-state index in [0.29, 0.717) is 34.3 Å². The number of carbonyl (C=O) groups excluding carboxylic acids is 1. The van der Waals surface area contributed by atoms with Crippen molar-refractivity contribution in [3.8, 4) is 5.75 Å². The van der Waals surface area contributed by atoms with E-state index in [9.17, 15) is 9.18 Å². The number of benzene rings is 3. The summed E-state index contributed by atoms with van der Waals surface area (Å²) in [5, 5.41) is 8.97. The third-order valence-corrected chi connectivity index (χ3v) is 5.48. The second kappa shape index (κ2) is 10.8. The Morgan fingerprint density at radius 2 is 1.76 bits per heavy atom. The van der Waals surface area contributed by atoms with Gasteiger partial charge in [-0.25, -0.2) is 14.5 Å². The minimum Gasteiger partial charge on any atom is -0.488 e. The zero-order valence-electron chi connectivity index (χ0n) is 18.4. The highest BCUT2D eigenvalue weighted by Crippen LogP contribution is 2.21. The summed E-state index contributed by atoms with van der Waals surface area (Å²) >= 11 is 6.50. The minimum absolute atomic E-state index is 0.198. The number of rotatable bonds is 8. The van der Waals surface area contributed by atoms with E-state index in [1.807, 2.05) is 37.3 Å². The van der Waals surface area contributed by atoms with Crippen LogP contribution < -0.4 is 10.2 Å². The van der Waals surface area contributed by atoms with Crippen LogP contribution in [0.15, 0.2) is 84.0 Å². The molecule has 0 saturated heterocycles. The zero-order valence-corrected chi connectivity index (χ0v) is 19.2. The maximum atomic E-state index is 13.1. The van der Waals surface area contributed by atoms with E-state index in [0.717, 1.165) is 11.1 Å². The number of amides is 1. The fourth-order valence-electron chi connectivity index (χ4n) is 3.31. The van der Waals surface area contributed by atoms with E-state index < -0.39 is 5.91 Å². The number of para-hydroxylation sites is 1. The third-order valence-electron chi connectivity index (χ3n) is 5.08. The van der Waals surface area contributed by atoms with Gasteiger partial charge in [-0.2, -0.15) is 10.2 Å². The second-order valence-electron chi connectivity index (χ2n) is 7.54. The summed E-state index contributed by atoms with van der Waals surface area (Å²) in [5.41, 5.74) is 6.01. The Labute approximate surface area is 201 Å². The predicted octanol–water partition coefficient (Wildman–Crippen LogP) is 5.38. The molecule has 0 bridgehead atoms.